The van der Waals surface area contributed by atoms with Crippen LogP contribution in [0.1, 0.15) is 42.2 Å². The lowest BCUT2D eigenvalue weighted by atomic mass is 10.1. The molecule has 0 saturated carbocycles. The van der Waals surface area contributed by atoms with Crippen LogP contribution in [-0.2, 0) is 6.42 Å². The Bertz CT molecular complexity index is 707. The van der Waals surface area contributed by atoms with Crippen LogP contribution in [0.3, 0.4) is 0 Å². The minimum Gasteiger partial charge on any atom is -0.339 e. The van der Waals surface area contributed by atoms with Crippen LogP contribution in [0.2, 0.25) is 0 Å². The highest BCUT2D eigenvalue weighted by Crippen LogP contribution is 2.18. The number of hydrogen-bond acceptors (Lipinski definition) is 4. The first-order valence-electron chi connectivity index (χ1n) is 7.63. The first kappa shape index (κ1) is 14.5. The maximum Gasteiger partial charge on any atom is 0.264 e. The predicted octanol–water partition coefficient (Wildman–Crippen LogP) is 1.14. The van der Waals surface area contributed by atoms with E-state index in [0.29, 0.717) is 17.8 Å². The maximum atomic E-state index is 12.7. The number of amides is 1. The van der Waals surface area contributed by atoms with Gasteiger partial charge in [0.2, 0.25) is 0 Å². The molecule has 1 amide bonds. The van der Waals surface area contributed by atoms with E-state index in [2.05, 4.69) is 15.3 Å². The van der Waals surface area contributed by atoms with Crippen LogP contribution in [0.25, 0.3) is 5.82 Å². The van der Waals surface area contributed by atoms with E-state index in [1.807, 2.05) is 11.8 Å². The zero-order valence-corrected chi connectivity index (χ0v) is 12.6. The summed E-state index contributed by atoms with van der Waals surface area (Å²) in [5, 5.41) is 10.7. The van der Waals surface area contributed by atoms with Crippen molar-refractivity contribution in [3.05, 3.63) is 39.9 Å². The molecule has 1 saturated heterocycles. The Morgan fingerprint density at radius 1 is 1.27 bits per heavy atom. The number of piperidine rings is 1. The van der Waals surface area contributed by atoms with Crippen molar-refractivity contribution in [1.29, 1.82) is 0 Å². The fourth-order valence-electron chi connectivity index (χ4n) is 2.81. The predicted molar refractivity (Wildman–Crippen MR) is 81.1 cm³/mol. The van der Waals surface area contributed by atoms with Gasteiger partial charge in [-0.25, -0.2) is 9.78 Å². The van der Waals surface area contributed by atoms with Gasteiger partial charge in [-0.2, -0.15) is 10.2 Å². The molecule has 1 aliphatic heterocycles. The Morgan fingerprint density at radius 3 is 2.68 bits per heavy atom. The molecular weight excluding hydrogens is 282 g/mol. The summed E-state index contributed by atoms with van der Waals surface area (Å²) in [7, 11) is 0. The summed E-state index contributed by atoms with van der Waals surface area (Å²) >= 11 is 0. The van der Waals surface area contributed by atoms with Crippen molar-refractivity contribution in [3.63, 3.8) is 0 Å². The molecule has 1 fully saturated rings. The van der Waals surface area contributed by atoms with Crippen LogP contribution in [0.4, 0.5) is 0 Å². The van der Waals surface area contributed by atoms with Crippen LogP contribution in [0.15, 0.2) is 23.1 Å². The average Bonchev–Trinajstić information content (AvgIpc) is 2.99. The average molecular weight is 301 g/mol. The fraction of sp³-hybridized carbons (Fsp3) is 0.467. The molecule has 116 valence electrons. The largest absolute Gasteiger partial charge is 0.339 e. The van der Waals surface area contributed by atoms with Crippen molar-refractivity contribution in [2.45, 2.75) is 32.6 Å². The molecule has 0 unspecified atom stereocenters. The van der Waals surface area contributed by atoms with Crippen LogP contribution in [0.5, 0.6) is 0 Å². The van der Waals surface area contributed by atoms with E-state index in [9.17, 15) is 9.59 Å². The summed E-state index contributed by atoms with van der Waals surface area (Å²) < 4.78 is 1.62. The molecule has 0 radical (unpaired) electrons. The van der Waals surface area contributed by atoms with Gasteiger partial charge in [0.25, 0.3) is 11.5 Å². The molecule has 0 aromatic carbocycles. The van der Waals surface area contributed by atoms with Gasteiger partial charge in [0.1, 0.15) is 0 Å². The second-order valence-corrected chi connectivity index (χ2v) is 5.40. The van der Waals surface area contributed by atoms with Crippen molar-refractivity contribution in [2.75, 3.05) is 13.1 Å². The number of nitrogens with one attached hydrogen (secondary N) is 1. The lowest BCUT2D eigenvalue weighted by Crippen LogP contribution is -2.36. The maximum absolute atomic E-state index is 12.7. The third kappa shape index (κ3) is 2.66. The highest BCUT2D eigenvalue weighted by atomic mass is 16.2. The topological polar surface area (TPSA) is 83.9 Å². The van der Waals surface area contributed by atoms with Crippen LogP contribution < -0.4 is 5.56 Å². The second-order valence-electron chi connectivity index (χ2n) is 5.40. The van der Waals surface area contributed by atoms with Crippen LogP contribution >= 0.6 is 0 Å². The first-order valence-corrected chi connectivity index (χ1v) is 7.63. The molecule has 0 atom stereocenters. The van der Waals surface area contributed by atoms with Crippen LogP contribution in [-0.4, -0.2) is 43.9 Å². The summed E-state index contributed by atoms with van der Waals surface area (Å²) in [5.74, 6) is 0.543. The number of H-pyrrole nitrogens is 1. The number of aromatic amines is 1. The summed E-state index contributed by atoms with van der Waals surface area (Å²) in [6.07, 6.45) is 5.56. The lowest BCUT2D eigenvalue weighted by molar-refractivity contribution is 0.0723. The van der Waals surface area contributed by atoms with Gasteiger partial charge >= 0.3 is 0 Å². The van der Waals surface area contributed by atoms with E-state index in [1.54, 1.807) is 16.9 Å². The smallest absolute Gasteiger partial charge is 0.264 e. The quantitative estimate of drug-likeness (QED) is 0.921. The molecule has 0 aliphatic carbocycles. The van der Waals surface area contributed by atoms with Gasteiger partial charge in [-0.3, -0.25) is 9.59 Å². The van der Waals surface area contributed by atoms with Crippen molar-refractivity contribution in [1.82, 2.24) is 24.9 Å². The Morgan fingerprint density at radius 2 is 2.05 bits per heavy atom. The van der Waals surface area contributed by atoms with Gasteiger partial charge in [-0.15, -0.1) is 0 Å². The number of rotatable bonds is 3. The molecule has 1 aliphatic rings. The highest BCUT2D eigenvalue weighted by Gasteiger charge is 2.23. The van der Waals surface area contributed by atoms with E-state index in [0.717, 1.165) is 31.6 Å². The Balaban J connectivity index is 1.94. The molecule has 0 spiro atoms. The third-order valence-corrected chi connectivity index (χ3v) is 3.96. The van der Waals surface area contributed by atoms with Gasteiger partial charge in [-0.1, -0.05) is 6.92 Å². The van der Waals surface area contributed by atoms with Crippen LogP contribution in [0, 0.1) is 0 Å². The van der Waals surface area contributed by atoms with Crippen molar-refractivity contribution >= 4 is 5.91 Å². The van der Waals surface area contributed by atoms with E-state index < -0.39 is 0 Å². The number of hydrogen-bond donors (Lipinski definition) is 1. The molecule has 7 nitrogen and oxygen atoms in total. The molecule has 0 bridgehead atoms. The second kappa shape index (κ2) is 6.13. The summed E-state index contributed by atoms with van der Waals surface area (Å²) in [6, 6.07) is 3.00. The molecule has 2 aromatic rings. The first-order chi connectivity index (χ1) is 10.7. The Kier molecular flexibility index (Phi) is 4.04. The molecule has 2 aromatic heterocycles. The van der Waals surface area contributed by atoms with Crippen molar-refractivity contribution in [3.8, 4) is 5.82 Å². The Labute approximate surface area is 128 Å². The summed E-state index contributed by atoms with van der Waals surface area (Å²) in [5.41, 5.74) is 1.17. The van der Waals surface area contributed by atoms with Gasteiger partial charge in [-0.05, 0) is 31.7 Å². The standard InChI is InChI=1S/C15H19N5O2/c1-2-12-11(15(22)19-8-4-3-5-9-19)10-16-20(12)13-6-7-14(21)18-17-13/h6-7,10H,2-5,8-9H2,1H3,(H,18,21). The van der Waals surface area contributed by atoms with Gasteiger partial charge in [0.15, 0.2) is 5.82 Å². The number of carbonyl (C=O) groups is 1. The molecule has 3 heterocycles. The molecule has 22 heavy (non-hydrogen) atoms. The number of aromatic nitrogens is 4. The molecule has 7 heteroatoms. The number of nitrogens with zero attached hydrogens (tertiary/aromatic N) is 4. The molecular formula is C15H19N5O2. The Hall–Kier alpha value is -2.44. The highest BCUT2D eigenvalue weighted by molar-refractivity contribution is 5.95. The SMILES string of the molecule is CCc1c(C(=O)N2CCCCC2)cnn1-c1ccc(=O)[nH]n1. The minimum atomic E-state index is -0.265. The van der Waals surface area contributed by atoms with Gasteiger partial charge in [0, 0.05) is 19.2 Å². The zero-order valence-electron chi connectivity index (χ0n) is 12.6. The van der Waals surface area contributed by atoms with Gasteiger partial charge in [0.05, 0.1) is 17.5 Å². The number of likely N-dealkylation sites (tertiary alicyclic amines) is 1. The van der Waals surface area contributed by atoms with Gasteiger partial charge < -0.3 is 4.90 Å². The zero-order chi connectivity index (χ0) is 15.5. The van der Waals surface area contributed by atoms with E-state index >= 15 is 0 Å². The fourth-order valence-corrected chi connectivity index (χ4v) is 2.81. The number of carbonyl (C=O) groups excluding carboxylic acids is 1. The van der Waals surface area contributed by atoms with E-state index in [1.165, 1.54) is 12.5 Å². The van der Waals surface area contributed by atoms with E-state index in [-0.39, 0.29) is 11.5 Å². The minimum absolute atomic E-state index is 0.0345. The van der Waals surface area contributed by atoms with Crippen molar-refractivity contribution < 1.29 is 4.79 Å². The summed E-state index contributed by atoms with van der Waals surface area (Å²) in [6.45, 7) is 3.60. The lowest BCUT2D eigenvalue weighted by Gasteiger charge is -2.26. The molecule has 1 N–H and O–H groups in total. The summed E-state index contributed by atoms with van der Waals surface area (Å²) in [4.78, 5) is 25.7. The van der Waals surface area contributed by atoms with Crippen molar-refractivity contribution in [2.24, 2.45) is 0 Å². The van der Waals surface area contributed by atoms with E-state index in [4.69, 9.17) is 0 Å². The third-order valence-electron chi connectivity index (χ3n) is 3.96. The normalized spacial score (nSPS) is 15.0. The molecule has 3 rings (SSSR count). The monoisotopic (exact) mass is 301 g/mol.